The number of esters is 2. The van der Waals surface area contributed by atoms with Gasteiger partial charge in [-0.05, 0) is 25.1 Å². The number of carbonyl (C=O) groups excluding carboxylic acids is 4. The molecule has 1 N–H and O–H groups in total. The van der Waals surface area contributed by atoms with E-state index in [0.29, 0.717) is 5.56 Å². The molecular formula is C21H21NO6. The average Bonchev–Trinajstić information content (AvgIpc) is 2.71. The molecular weight excluding hydrogens is 362 g/mol. The number of hydrogen-bond acceptors (Lipinski definition) is 6. The van der Waals surface area contributed by atoms with Gasteiger partial charge in [-0.1, -0.05) is 29.8 Å². The quantitative estimate of drug-likeness (QED) is 0.582. The summed E-state index contributed by atoms with van der Waals surface area (Å²) in [5.41, 5.74) is 1.94. The summed E-state index contributed by atoms with van der Waals surface area (Å²) >= 11 is 0. The van der Waals surface area contributed by atoms with Gasteiger partial charge < -0.3 is 14.8 Å². The minimum absolute atomic E-state index is 0.0130. The van der Waals surface area contributed by atoms with Gasteiger partial charge in [0.25, 0.3) is 0 Å². The normalized spacial score (nSPS) is 10.1. The molecule has 2 aromatic rings. The van der Waals surface area contributed by atoms with Gasteiger partial charge in [-0.25, -0.2) is 9.59 Å². The van der Waals surface area contributed by atoms with Crippen molar-refractivity contribution in [2.24, 2.45) is 0 Å². The molecule has 0 aliphatic heterocycles. The number of amides is 1. The highest BCUT2D eigenvalue weighted by Crippen LogP contribution is 2.20. The van der Waals surface area contributed by atoms with E-state index in [-0.39, 0.29) is 35.4 Å². The van der Waals surface area contributed by atoms with Crippen molar-refractivity contribution in [3.05, 3.63) is 64.7 Å². The molecule has 0 aliphatic carbocycles. The van der Waals surface area contributed by atoms with Crippen LogP contribution in [0.5, 0.6) is 0 Å². The SMILES string of the molecule is COC(=O)c1ccc(C(=O)OC)c(NC(=O)CCC(=O)c2ccc(C)cc2)c1. The van der Waals surface area contributed by atoms with Crippen LogP contribution < -0.4 is 5.32 Å². The Labute approximate surface area is 162 Å². The lowest BCUT2D eigenvalue weighted by atomic mass is 10.0. The van der Waals surface area contributed by atoms with E-state index in [1.54, 1.807) is 12.1 Å². The Morgan fingerprint density at radius 2 is 1.43 bits per heavy atom. The van der Waals surface area contributed by atoms with Gasteiger partial charge in [0.15, 0.2) is 5.78 Å². The minimum Gasteiger partial charge on any atom is -0.465 e. The third kappa shape index (κ3) is 5.26. The Morgan fingerprint density at radius 3 is 2.04 bits per heavy atom. The summed E-state index contributed by atoms with van der Waals surface area (Å²) in [4.78, 5) is 48.1. The number of methoxy groups -OCH3 is 2. The number of benzene rings is 2. The molecule has 7 heteroatoms. The van der Waals surface area contributed by atoms with Crippen LogP contribution in [0.1, 0.15) is 49.5 Å². The highest BCUT2D eigenvalue weighted by Gasteiger charge is 2.18. The van der Waals surface area contributed by atoms with Crippen LogP contribution in [0.15, 0.2) is 42.5 Å². The second-order valence-electron chi connectivity index (χ2n) is 6.08. The first kappa shape index (κ1) is 20.8. The summed E-state index contributed by atoms with van der Waals surface area (Å²) in [6.07, 6.45) is -0.0606. The summed E-state index contributed by atoms with van der Waals surface area (Å²) in [5, 5.41) is 2.56. The van der Waals surface area contributed by atoms with Crippen LogP contribution in [0.2, 0.25) is 0 Å². The molecule has 0 atom stereocenters. The fourth-order valence-electron chi connectivity index (χ4n) is 2.50. The first-order valence-corrected chi connectivity index (χ1v) is 8.56. The molecule has 28 heavy (non-hydrogen) atoms. The molecule has 0 aromatic heterocycles. The topological polar surface area (TPSA) is 98.8 Å². The number of hydrogen-bond donors (Lipinski definition) is 1. The van der Waals surface area contributed by atoms with Crippen LogP contribution >= 0.6 is 0 Å². The van der Waals surface area contributed by atoms with Gasteiger partial charge in [0.2, 0.25) is 5.91 Å². The van der Waals surface area contributed by atoms with Gasteiger partial charge >= 0.3 is 11.9 Å². The summed E-state index contributed by atoms with van der Waals surface area (Å²) in [6, 6.07) is 11.2. The van der Waals surface area contributed by atoms with Crippen molar-refractivity contribution in [2.75, 3.05) is 19.5 Å². The van der Waals surface area contributed by atoms with Gasteiger partial charge in [0, 0.05) is 18.4 Å². The molecule has 0 bridgehead atoms. The van der Waals surface area contributed by atoms with Crippen LogP contribution in [0.3, 0.4) is 0 Å². The molecule has 0 radical (unpaired) electrons. The summed E-state index contributed by atoms with van der Waals surface area (Å²) in [5.74, 6) is -1.90. The fourth-order valence-corrected chi connectivity index (χ4v) is 2.50. The number of anilines is 1. The second-order valence-corrected chi connectivity index (χ2v) is 6.08. The predicted octanol–water partition coefficient (Wildman–Crippen LogP) is 3.17. The van der Waals surface area contributed by atoms with Crippen molar-refractivity contribution in [1.29, 1.82) is 0 Å². The Kier molecular flexibility index (Phi) is 7.03. The van der Waals surface area contributed by atoms with Crippen LogP contribution in [0.4, 0.5) is 5.69 Å². The number of ketones is 1. The van der Waals surface area contributed by atoms with Gasteiger partial charge in [0.05, 0.1) is 31.0 Å². The van der Waals surface area contributed by atoms with Crippen molar-refractivity contribution in [2.45, 2.75) is 19.8 Å². The number of aryl methyl sites for hydroxylation is 1. The lowest BCUT2D eigenvalue weighted by Gasteiger charge is -2.11. The third-order valence-corrected chi connectivity index (χ3v) is 4.07. The first-order chi connectivity index (χ1) is 13.3. The van der Waals surface area contributed by atoms with Crippen LogP contribution in [-0.4, -0.2) is 37.8 Å². The number of Topliss-reactive ketones (excluding diaryl/α,β-unsaturated/α-hetero) is 1. The second kappa shape index (κ2) is 9.45. The van der Waals surface area contributed by atoms with E-state index in [4.69, 9.17) is 4.74 Å². The summed E-state index contributed by atoms with van der Waals surface area (Å²) < 4.78 is 9.34. The third-order valence-electron chi connectivity index (χ3n) is 4.07. The number of carbonyl (C=O) groups is 4. The van der Waals surface area contributed by atoms with E-state index in [1.165, 1.54) is 32.4 Å². The molecule has 1 amide bonds. The van der Waals surface area contributed by atoms with Gasteiger partial charge in [-0.15, -0.1) is 0 Å². The van der Waals surface area contributed by atoms with Crippen molar-refractivity contribution in [3.8, 4) is 0 Å². The van der Waals surface area contributed by atoms with E-state index in [9.17, 15) is 19.2 Å². The van der Waals surface area contributed by atoms with Crippen LogP contribution in [-0.2, 0) is 14.3 Å². The standard InChI is InChI=1S/C21H21NO6/c1-13-4-6-14(7-5-13)18(23)10-11-19(24)22-17-12-15(20(25)27-2)8-9-16(17)21(26)28-3/h4-9,12H,10-11H2,1-3H3,(H,22,24). The lowest BCUT2D eigenvalue weighted by molar-refractivity contribution is -0.116. The molecule has 146 valence electrons. The van der Waals surface area contributed by atoms with Crippen LogP contribution in [0, 0.1) is 6.92 Å². The van der Waals surface area contributed by atoms with Crippen molar-refractivity contribution < 1.29 is 28.7 Å². The Hall–Kier alpha value is -3.48. The Bertz CT molecular complexity index is 902. The Morgan fingerprint density at radius 1 is 0.821 bits per heavy atom. The molecule has 0 unspecified atom stereocenters. The van der Waals surface area contributed by atoms with Gasteiger partial charge in [-0.2, -0.15) is 0 Å². The van der Waals surface area contributed by atoms with Crippen molar-refractivity contribution >= 4 is 29.3 Å². The van der Waals surface area contributed by atoms with E-state index < -0.39 is 17.8 Å². The first-order valence-electron chi connectivity index (χ1n) is 8.56. The molecule has 0 spiro atoms. The van der Waals surface area contributed by atoms with E-state index >= 15 is 0 Å². The van der Waals surface area contributed by atoms with Crippen molar-refractivity contribution in [1.82, 2.24) is 0 Å². The lowest BCUT2D eigenvalue weighted by Crippen LogP contribution is -2.17. The average molecular weight is 383 g/mol. The molecule has 0 heterocycles. The maximum absolute atomic E-state index is 12.3. The zero-order chi connectivity index (χ0) is 20.7. The summed E-state index contributed by atoms with van der Waals surface area (Å²) in [7, 11) is 2.44. The monoisotopic (exact) mass is 383 g/mol. The number of nitrogens with one attached hydrogen (secondary N) is 1. The molecule has 7 nitrogen and oxygen atoms in total. The molecule has 0 aliphatic rings. The maximum Gasteiger partial charge on any atom is 0.339 e. The zero-order valence-electron chi connectivity index (χ0n) is 15.9. The highest BCUT2D eigenvalue weighted by atomic mass is 16.5. The number of ether oxygens (including phenoxy) is 2. The predicted molar refractivity (Wildman–Crippen MR) is 102 cm³/mol. The largest absolute Gasteiger partial charge is 0.465 e. The molecule has 0 saturated heterocycles. The maximum atomic E-state index is 12.3. The van der Waals surface area contributed by atoms with E-state index in [2.05, 4.69) is 10.1 Å². The zero-order valence-corrected chi connectivity index (χ0v) is 15.9. The highest BCUT2D eigenvalue weighted by molar-refractivity contribution is 6.05. The van der Waals surface area contributed by atoms with Gasteiger partial charge in [-0.3, -0.25) is 9.59 Å². The molecule has 2 aromatic carbocycles. The molecule has 0 saturated carbocycles. The van der Waals surface area contributed by atoms with Crippen LogP contribution in [0.25, 0.3) is 0 Å². The smallest absolute Gasteiger partial charge is 0.339 e. The Balaban J connectivity index is 2.10. The fraction of sp³-hybridized carbons (Fsp3) is 0.238. The summed E-state index contributed by atoms with van der Waals surface area (Å²) in [6.45, 7) is 1.92. The minimum atomic E-state index is -0.664. The van der Waals surface area contributed by atoms with Gasteiger partial charge in [0.1, 0.15) is 0 Å². The molecule has 2 rings (SSSR count). The van der Waals surface area contributed by atoms with E-state index in [1.807, 2.05) is 19.1 Å². The molecule has 0 fully saturated rings. The van der Waals surface area contributed by atoms with E-state index in [0.717, 1.165) is 5.56 Å². The number of rotatable bonds is 7. The van der Waals surface area contributed by atoms with Crippen molar-refractivity contribution in [3.63, 3.8) is 0 Å².